The second-order valence-electron chi connectivity index (χ2n) is 4.92. The number of rotatable bonds is 9. The van der Waals surface area contributed by atoms with E-state index < -0.39 is 17.9 Å². The van der Waals surface area contributed by atoms with Gasteiger partial charge in [0.2, 0.25) is 0 Å². The lowest BCUT2D eigenvalue weighted by atomic mass is 10.1. The summed E-state index contributed by atoms with van der Waals surface area (Å²) in [5, 5.41) is 0. The van der Waals surface area contributed by atoms with Crippen molar-refractivity contribution in [3.05, 3.63) is 0 Å². The summed E-state index contributed by atoms with van der Waals surface area (Å²) in [4.78, 5) is 23.7. The Morgan fingerprint density at radius 3 is 1.74 bits per heavy atom. The number of carbonyl (C=O) groups excluding carboxylic acids is 2. The molecule has 0 atom stereocenters. The van der Waals surface area contributed by atoms with Gasteiger partial charge in [0.1, 0.15) is 0 Å². The molecule has 0 aliphatic rings. The third kappa shape index (κ3) is 8.59. The second-order valence-corrected chi connectivity index (χ2v) is 4.92. The maximum absolute atomic E-state index is 11.9. The first-order valence-corrected chi connectivity index (χ1v) is 6.87. The highest BCUT2D eigenvalue weighted by Crippen LogP contribution is 2.12. The zero-order chi connectivity index (χ0) is 14.8. The van der Waals surface area contributed by atoms with Crippen molar-refractivity contribution >= 4 is 11.9 Å². The van der Waals surface area contributed by atoms with Gasteiger partial charge in [0.05, 0.1) is 12.2 Å². The Morgan fingerprint density at radius 2 is 1.37 bits per heavy atom. The van der Waals surface area contributed by atoms with Gasteiger partial charge in [0.15, 0.2) is 5.92 Å². The second kappa shape index (κ2) is 9.78. The molecular weight excluding hydrogens is 248 g/mol. The van der Waals surface area contributed by atoms with E-state index in [9.17, 15) is 9.59 Å². The van der Waals surface area contributed by atoms with Gasteiger partial charge >= 0.3 is 11.9 Å². The molecule has 0 bridgehead atoms. The van der Waals surface area contributed by atoms with Gasteiger partial charge in [0, 0.05) is 13.2 Å². The molecule has 0 saturated carbocycles. The molecule has 0 rings (SSSR count). The molecule has 0 aromatic carbocycles. The van der Waals surface area contributed by atoms with Gasteiger partial charge in [-0.3, -0.25) is 9.59 Å². The maximum Gasteiger partial charge on any atom is 0.320 e. The van der Waals surface area contributed by atoms with Crippen LogP contribution in [0.1, 0.15) is 47.5 Å². The van der Waals surface area contributed by atoms with Gasteiger partial charge in [-0.05, 0) is 40.5 Å². The first kappa shape index (κ1) is 17.9. The molecule has 0 fully saturated rings. The van der Waals surface area contributed by atoms with Gasteiger partial charge in [-0.15, -0.1) is 0 Å². The van der Waals surface area contributed by atoms with Crippen molar-refractivity contribution in [2.75, 3.05) is 13.2 Å². The van der Waals surface area contributed by atoms with Crippen molar-refractivity contribution < 1.29 is 23.8 Å². The molecule has 0 aliphatic carbocycles. The zero-order valence-electron chi connectivity index (χ0n) is 12.6. The smallest absolute Gasteiger partial charge is 0.320 e. The van der Waals surface area contributed by atoms with Gasteiger partial charge in [-0.1, -0.05) is 6.92 Å². The Kier molecular flexibility index (Phi) is 9.21. The van der Waals surface area contributed by atoms with Crippen LogP contribution in [0.5, 0.6) is 0 Å². The fourth-order valence-corrected chi connectivity index (χ4v) is 1.41. The number of ether oxygens (including phenoxy) is 3. The number of hydrogen-bond acceptors (Lipinski definition) is 5. The standard InChI is InChI=1S/C14H26O5/c1-6-8-17-9-7-12(13(15)18-10(2)3)14(16)19-11(4)5/h10-12H,6-9H2,1-5H3. The Bertz CT molecular complexity index is 251. The van der Waals surface area contributed by atoms with Crippen molar-refractivity contribution in [2.24, 2.45) is 5.92 Å². The Labute approximate surface area is 115 Å². The van der Waals surface area contributed by atoms with E-state index in [2.05, 4.69) is 0 Å². The van der Waals surface area contributed by atoms with Crippen LogP contribution in [0.2, 0.25) is 0 Å². The first-order valence-electron chi connectivity index (χ1n) is 6.87. The van der Waals surface area contributed by atoms with E-state index in [0.717, 1.165) is 6.42 Å². The SMILES string of the molecule is CCCOCCC(C(=O)OC(C)C)C(=O)OC(C)C. The average molecular weight is 274 g/mol. The van der Waals surface area contributed by atoms with E-state index in [1.54, 1.807) is 27.7 Å². The first-order chi connectivity index (χ1) is 8.88. The predicted molar refractivity (Wildman–Crippen MR) is 71.7 cm³/mol. The Balaban J connectivity index is 4.45. The van der Waals surface area contributed by atoms with Crippen LogP contribution in [0.4, 0.5) is 0 Å². The molecule has 5 heteroatoms. The molecule has 0 aromatic rings. The summed E-state index contributed by atoms with van der Waals surface area (Å²) in [7, 11) is 0. The molecule has 19 heavy (non-hydrogen) atoms. The number of hydrogen-bond donors (Lipinski definition) is 0. The Hall–Kier alpha value is -1.10. The van der Waals surface area contributed by atoms with E-state index in [1.807, 2.05) is 6.92 Å². The van der Waals surface area contributed by atoms with Gasteiger partial charge < -0.3 is 14.2 Å². The lowest BCUT2D eigenvalue weighted by Gasteiger charge is -2.18. The van der Waals surface area contributed by atoms with Crippen LogP contribution in [-0.4, -0.2) is 37.4 Å². The van der Waals surface area contributed by atoms with Crippen LogP contribution < -0.4 is 0 Å². The summed E-state index contributed by atoms with van der Waals surface area (Å²) in [6.45, 7) is 9.95. The summed E-state index contributed by atoms with van der Waals surface area (Å²) in [6.07, 6.45) is 0.686. The minimum Gasteiger partial charge on any atom is -0.462 e. The lowest BCUT2D eigenvalue weighted by Crippen LogP contribution is -2.32. The molecule has 0 N–H and O–H groups in total. The molecule has 0 saturated heterocycles. The number of esters is 2. The highest BCUT2D eigenvalue weighted by atomic mass is 16.6. The predicted octanol–water partition coefficient (Wildman–Crippen LogP) is 2.32. The molecule has 5 nitrogen and oxygen atoms in total. The fraction of sp³-hybridized carbons (Fsp3) is 0.857. The fourth-order valence-electron chi connectivity index (χ4n) is 1.41. The summed E-state index contributed by atoms with van der Waals surface area (Å²) >= 11 is 0. The third-order valence-electron chi connectivity index (χ3n) is 2.17. The van der Waals surface area contributed by atoms with Gasteiger partial charge in [0.25, 0.3) is 0 Å². The Morgan fingerprint density at radius 1 is 0.895 bits per heavy atom. The summed E-state index contributed by atoms with van der Waals surface area (Å²) < 4.78 is 15.5. The summed E-state index contributed by atoms with van der Waals surface area (Å²) in [6, 6.07) is 0. The van der Waals surface area contributed by atoms with Crippen molar-refractivity contribution in [1.82, 2.24) is 0 Å². The van der Waals surface area contributed by atoms with Gasteiger partial charge in [-0.2, -0.15) is 0 Å². The average Bonchev–Trinajstić information content (AvgIpc) is 2.26. The molecular formula is C14H26O5. The van der Waals surface area contributed by atoms with Crippen LogP contribution in [0.15, 0.2) is 0 Å². The van der Waals surface area contributed by atoms with Crippen LogP contribution >= 0.6 is 0 Å². The third-order valence-corrected chi connectivity index (χ3v) is 2.17. The monoisotopic (exact) mass is 274 g/mol. The topological polar surface area (TPSA) is 61.8 Å². The van der Waals surface area contributed by atoms with Gasteiger partial charge in [-0.25, -0.2) is 0 Å². The zero-order valence-corrected chi connectivity index (χ0v) is 12.6. The normalized spacial score (nSPS) is 11.2. The maximum atomic E-state index is 11.9. The van der Waals surface area contributed by atoms with Crippen molar-refractivity contribution in [1.29, 1.82) is 0 Å². The lowest BCUT2D eigenvalue weighted by molar-refractivity contribution is -0.167. The van der Waals surface area contributed by atoms with Crippen molar-refractivity contribution in [2.45, 2.75) is 59.7 Å². The highest BCUT2D eigenvalue weighted by molar-refractivity contribution is 5.95. The quantitative estimate of drug-likeness (QED) is 0.367. The molecule has 0 aliphatic heterocycles. The minimum atomic E-state index is -0.901. The van der Waals surface area contributed by atoms with Crippen LogP contribution in [0.25, 0.3) is 0 Å². The molecule has 0 spiro atoms. The summed E-state index contributed by atoms with van der Waals surface area (Å²) in [5.41, 5.74) is 0. The largest absolute Gasteiger partial charge is 0.462 e. The molecule has 0 aromatic heterocycles. The van der Waals surface area contributed by atoms with E-state index in [-0.39, 0.29) is 18.6 Å². The molecule has 0 heterocycles. The van der Waals surface area contributed by atoms with E-state index in [4.69, 9.17) is 14.2 Å². The molecule has 0 radical (unpaired) electrons. The van der Waals surface area contributed by atoms with E-state index >= 15 is 0 Å². The van der Waals surface area contributed by atoms with Crippen molar-refractivity contribution in [3.8, 4) is 0 Å². The van der Waals surface area contributed by atoms with Crippen LogP contribution in [-0.2, 0) is 23.8 Å². The van der Waals surface area contributed by atoms with E-state index in [1.165, 1.54) is 0 Å². The van der Waals surface area contributed by atoms with Crippen LogP contribution in [0, 0.1) is 5.92 Å². The number of carbonyl (C=O) groups is 2. The molecule has 0 unspecified atom stereocenters. The highest BCUT2D eigenvalue weighted by Gasteiger charge is 2.30. The van der Waals surface area contributed by atoms with E-state index in [0.29, 0.717) is 13.2 Å². The van der Waals surface area contributed by atoms with Crippen molar-refractivity contribution in [3.63, 3.8) is 0 Å². The minimum absolute atomic E-state index is 0.251. The molecule has 0 amide bonds. The van der Waals surface area contributed by atoms with Crippen LogP contribution in [0.3, 0.4) is 0 Å². The summed E-state index contributed by atoms with van der Waals surface area (Å²) in [5.74, 6) is -1.98. The molecule has 112 valence electrons.